The highest BCUT2D eigenvalue weighted by Crippen LogP contribution is 2.40. The summed E-state index contributed by atoms with van der Waals surface area (Å²) in [6.07, 6.45) is 1.60. The van der Waals surface area contributed by atoms with E-state index < -0.39 is 5.97 Å². The van der Waals surface area contributed by atoms with Crippen LogP contribution in [-0.2, 0) is 11.3 Å². The Balaban J connectivity index is 2.17. The maximum atomic E-state index is 11.2. The number of carboxylic acid groups (broad SMARTS) is 1. The molecule has 1 N–H and O–H groups in total. The molecule has 4 nitrogen and oxygen atoms in total. The number of fused-ring (bicyclic) bond motifs is 1. The number of aromatic nitrogens is 2. The van der Waals surface area contributed by atoms with E-state index in [2.05, 4.69) is 4.98 Å². The van der Waals surface area contributed by atoms with Gasteiger partial charge in [-0.3, -0.25) is 4.79 Å². The SMILES string of the molecule is Cc1ccc(Sc2c(C)n(CC(=O)O)c3ccnc(Cl)c23)cc1. The van der Waals surface area contributed by atoms with Crippen LogP contribution in [0.3, 0.4) is 0 Å². The van der Waals surface area contributed by atoms with Crippen LogP contribution in [-0.4, -0.2) is 20.6 Å². The van der Waals surface area contributed by atoms with E-state index in [-0.39, 0.29) is 6.54 Å². The van der Waals surface area contributed by atoms with Crippen LogP contribution in [0.1, 0.15) is 11.3 Å². The number of carboxylic acids is 1. The zero-order chi connectivity index (χ0) is 16.6. The van der Waals surface area contributed by atoms with E-state index in [0.29, 0.717) is 5.15 Å². The van der Waals surface area contributed by atoms with Gasteiger partial charge in [-0.15, -0.1) is 0 Å². The molecule has 1 aromatic carbocycles. The lowest BCUT2D eigenvalue weighted by Gasteiger charge is -2.05. The Kier molecular flexibility index (Phi) is 4.33. The van der Waals surface area contributed by atoms with Crippen molar-refractivity contribution < 1.29 is 9.90 Å². The topological polar surface area (TPSA) is 55.1 Å². The summed E-state index contributed by atoms with van der Waals surface area (Å²) in [7, 11) is 0. The number of aryl methyl sites for hydroxylation is 1. The zero-order valence-corrected chi connectivity index (χ0v) is 14.3. The van der Waals surface area contributed by atoms with Crippen LogP contribution in [0.4, 0.5) is 0 Å². The molecular formula is C17H15ClN2O2S. The molecule has 0 aliphatic carbocycles. The predicted molar refractivity (Wildman–Crippen MR) is 92.4 cm³/mol. The van der Waals surface area contributed by atoms with Gasteiger partial charge in [-0.1, -0.05) is 41.1 Å². The minimum atomic E-state index is -0.884. The Morgan fingerprint density at radius 1 is 1.26 bits per heavy atom. The van der Waals surface area contributed by atoms with Crippen molar-refractivity contribution in [1.29, 1.82) is 0 Å². The fraction of sp³-hybridized carbons (Fsp3) is 0.176. The van der Waals surface area contributed by atoms with Gasteiger partial charge >= 0.3 is 5.97 Å². The van der Waals surface area contributed by atoms with Crippen LogP contribution < -0.4 is 0 Å². The van der Waals surface area contributed by atoms with Gasteiger partial charge < -0.3 is 9.67 Å². The average molecular weight is 347 g/mol. The second kappa shape index (κ2) is 6.26. The van der Waals surface area contributed by atoms with Crippen molar-refractivity contribution in [1.82, 2.24) is 9.55 Å². The van der Waals surface area contributed by atoms with Gasteiger partial charge in [-0.2, -0.15) is 0 Å². The molecule has 0 unspecified atom stereocenters. The van der Waals surface area contributed by atoms with Crippen molar-refractivity contribution in [2.24, 2.45) is 0 Å². The lowest BCUT2D eigenvalue weighted by atomic mass is 10.2. The van der Waals surface area contributed by atoms with Gasteiger partial charge in [0.1, 0.15) is 11.7 Å². The van der Waals surface area contributed by atoms with Gasteiger partial charge in [0.25, 0.3) is 0 Å². The lowest BCUT2D eigenvalue weighted by molar-refractivity contribution is -0.137. The molecule has 0 radical (unpaired) electrons. The first-order chi connectivity index (χ1) is 11.0. The normalized spacial score (nSPS) is 11.1. The molecule has 3 rings (SSSR count). The largest absolute Gasteiger partial charge is 0.480 e. The minimum Gasteiger partial charge on any atom is -0.480 e. The number of rotatable bonds is 4. The number of hydrogen-bond acceptors (Lipinski definition) is 3. The lowest BCUT2D eigenvalue weighted by Crippen LogP contribution is -2.09. The summed E-state index contributed by atoms with van der Waals surface area (Å²) in [5.74, 6) is -0.884. The molecule has 0 saturated carbocycles. The second-order valence-electron chi connectivity index (χ2n) is 5.31. The molecule has 3 aromatic rings. The summed E-state index contributed by atoms with van der Waals surface area (Å²) >= 11 is 7.87. The molecule has 6 heteroatoms. The highest BCUT2D eigenvalue weighted by molar-refractivity contribution is 7.99. The predicted octanol–water partition coefficient (Wildman–Crippen LogP) is 4.54. The number of halogens is 1. The molecule has 0 amide bonds. The quantitative estimate of drug-likeness (QED) is 0.704. The molecule has 0 fully saturated rings. The van der Waals surface area contributed by atoms with Gasteiger partial charge in [0.15, 0.2) is 0 Å². The van der Waals surface area contributed by atoms with E-state index in [9.17, 15) is 9.90 Å². The zero-order valence-electron chi connectivity index (χ0n) is 12.7. The summed E-state index contributed by atoms with van der Waals surface area (Å²) in [4.78, 5) is 17.4. The van der Waals surface area contributed by atoms with Gasteiger partial charge in [0.05, 0.1) is 10.9 Å². The van der Waals surface area contributed by atoms with Crippen molar-refractivity contribution in [2.75, 3.05) is 0 Å². The smallest absolute Gasteiger partial charge is 0.323 e. The molecule has 0 aliphatic heterocycles. The third-order valence-electron chi connectivity index (χ3n) is 3.67. The first-order valence-corrected chi connectivity index (χ1v) is 8.26. The Bertz CT molecular complexity index is 888. The molecule has 0 saturated heterocycles. The highest BCUT2D eigenvalue weighted by Gasteiger charge is 2.19. The first kappa shape index (κ1) is 15.9. The van der Waals surface area contributed by atoms with Crippen LogP contribution in [0.5, 0.6) is 0 Å². The van der Waals surface area contributed by atoms with Crippen LogP contribution >= 0.6 is 23.4 Å². The van der Waals surface area contributed by atoms with Gasteiger partial charge in [0.2, 0.25) is 0 Å². The monoisotopic (exact) mass is 346 g/mol. The molecule has 0 bridgehead atoms. The molecule has 23 heavy (non-hydrogen) atoms. The van der Waals surface area contributed by atoms with Crippen molar-refractivity contribution >= 4 is 40.2 Å². The summed E-state index contributed by atoms with van der Waals surface area (Å²) in [6, 6.07) is 9.99. The van der Waals surface area contributed by atoms with Gasteiger partial charge in [-0.25, -0.2) is 4.98 Å². The van der Waals surface area contributed by atoms with E-state index >= 15 is 0 Å². The summed E-state index contributed by atoms with van der Waals surface area (Å²) in [5.41, 5.74) is 2.86. The number of benzene rings is 1. The van der Waals surface area contributed by atoms with E-state index in [4.69, 9.17) is 11.6 Å². The van der Waals surface area contributed by atoms with Crippen LogP contribution in [0.25, 0.3) is 10.9 Å². The third kappa shape index (κ3) is 3.07. The second-order valence-corrected chi connectivity index (χ2v) is 6.75. The van der Waals surface area contributed by atoms with Gasteiger partial charge in [0, 0.05) is 21.7 Å². The Hall–Kier alpha value is -1.98. The summed E-state index contributed by atoms with van der Waals surface area (Å²) in [6.45, 7) is 3.85. The molecule has 0 aliphatic rings. The fourth-order valence-electron chi connectivity index (χ4n) is 2.53. The summed E-state index contributed by atoms with van der Waals surface area (Å²) < 4.78 is 1.77. The Morgan fingerprint density at radius 3 is 2.61 bits per heavy atom. The van der Waals surface area contributed by atoms with Crippen LogP contribution in [0, 0.1) is 13.8 Å². The first-order valence-electron chi connectivity index (χ1n) is 7.07. The maximum absolute atomic E-state index is 11.2. The average Bonchev–Trinajstić information content (AvgIpc) is 2.76. The van der Waals surface area contributed by atoms with E-state index in [1.807, 2.05) is 38.1 Å². The van der Waals surface area contributed by atoms with Gasteiger partial charge in [-0.05, 0) is 32.0 Å². The van der Waals surface area contributed by atoms with Crippen molar-refractivity contribution in [2.45, 2.75) is 30.2 Å². The van der Waals surface area contributed by atoms with Crippen LogP contribution in [0.15, 0.2) is 46.3 Å². The minimum absolute atomic E-state index is 0.100. The molecular weight excluding hydrogens is 332 g/mol. The third-order valence-corrected chi connectivity index (χ3v) is 5.17. The van der Waals surface area contributed by atoms with Crippen LogP contribution in [0.2, 0.25) is 5.15 Å². The molecule has 2 heterocycles. The number of aliphatic carboxylic acids is 1. The van der Waals surface area contributed by atoms with E-state index in [1.54, 1.807) is 28.6 Å². The molecule has 0 spiro atoms. The van der Waals surface area contributed by atoms with Crippen molar-refractivity contribution in [3.63, 3.8) is 0 Å². The van der Waals surface area contributed by atoms with E-state index in [0.717, 1.165) is 26.4 Å². The number of pyridine rings is 1. The fourth-order valence-corrected chi connectivity index (χ4v) is 3.91. The summed E-state index contributed by atoms with van der Waals surface area (Å²) in [5, 5.41) is 10.4. The van der Waals surface area contributed by atoms with Crippen molar-refractivity contribution in [3.05, 3.63) is 52.9 Å². The number of nitrogens with zero attached hydrogens (tertiary/aromatic N) is 2. The standard InChI is InChI=1S/C17H15ClN2O2S/c1-10-3-5-12(6-4-10)23-16-11(2)20(9-14(21)22)13-7-8-19-17(18)15(13)16/h3-8H,9H2,1-2H3,(H,21,22). The Morgan fingerprint density at radius 2 is 1.96 bits per heavy atom. The van der Waals surface area contributed by atoms with Crippen molar-refractivity contribution in [3.8, 4) is 0 Å². The number of carbonyl (C=O) groups is 1. The number of hydrogen-bond donors (Lipinski definition) is 1. The molecule has 0 atom stereocenters. The molecule has 118 valence electrons. The molecule has 2 aromatic heterocycles. The maximum Gasteiger partial charge on any atom is 0.323 e. The van der Waals surface area contributed by atoms with E-state index in [1.165, 1.54) is 5.56 Å². The highest BCUT2D eigenvalue weighted by atomic mass is 35.5. The Labute approximate surface area is 143 Å².